The first-order valence-electron chi connectivity index (χ1n) is 4.97. The maximum absolute atomic E-state index is 10.9. The second-order valence-electron chi connectivity index (χ2n) is 4.27. The quantitative estimate of drug-likeness (QED) is 0.743. The molecule has 1 saturated carbocycles. The summed E-state index contributed by atoms with van der Waals surface area (Å²) in [6.07, 6.45) is 1.63. The fraction of sp³-hybridized carbons (Fsp3) is 0.600. The van der Waals surface area contributed by atoms with E-state index in [2.05, 4.69) is 5.10 Å². The topological polar surface area (TPSA) is 81.1 Å². The van der Waals surface area contributed by atoms with E-state index >= 15 is 0 Å². The van der Waals surface area contributed by atoms with E-state index in [1.807, 2.05) is 20.0 Å². The van der Waals surface area contributed by atoms with Crippen molar-refractivity contribution in [1.82, 2.24) is 9.78 Å². The van der Waals surface area contributed by atoms with E-state index in [9.17, 15) is 4.79 Å². The number of carboxylic acid groups (broad SMARTS) is 1. The molecule has 0 aliphatic heterocycles. The molecule has 1 heterocycles. The SMILES string of the molecule is Cc1cc(C2(C(N)C(=O)O)CC2)nn1C. The molecule has 82 valence electrons. The van der Waals surface area contributed by atoms with Gasteiger partial charge in [-0.1, -0.05) is 0 Å². The average Bonchev–Trinajstić information content (AvgIpc) is 2.90. The van der Waals surface area contributed by atoms with Gasteiger partial charge in [0.1, 0.15) is 6.04 Å². The smallest absolute Gasteiger partial charge is 0.321 e. The standard InChI is InChI=1S/C10H15N3O2/c1-6-5-7(12-13(6)2)10(3-4-10)8(11)9(14)15/h5,8H,3-4,11H2,1-2H3,(H,14,15). The Kier molecular flexibility index (Phi) is 2.08. The summed E-state index contributed by atoms with van der Waals surface area (Å²) < 4.78 is 1.75. The molecule has 0 bridgehead atoms. The average molecular weight is 209 g/mol. The number of aromatic nitrogens is 2. The van der Waals surface area contributed by atoms with Crippen LogP contribution in [0.1, 0.15) is 24.2 Å². The van der Waals surface area contributed by atoms with Crippen LogP contribution in [0.25, 0.3) is 0 Å². The Morgan fingerprint density at radius 1 is 1.73 bits per heavy atom. The van der Waals surface area contributed by atoms with E-state index in [4.69, 9.17) is 10.8 Å². The van der Waals surface area contributed by atoms with Gasteiger partial charge < -0.3 is 10.8 Å². The minimum Gasteiger partial charge on any atom is -0.480 e. The van der Waals surface area contributed by atoms with Crippen molar-refractivity contribution >= 4 is 5.97 Å². The molecule has 1 aromatic rings. The lowest BCUT2D eigenvalue weighted by molar-refractivity contribution is -0.139. The zero-order chi connectivity index (χ0) is 11.2. The van der Waals surface area contributed by atoms with Crippen LogP contribution in [0.3, 0.4) is 0 Å². The van der Waals surface area contributed by atoms with Gasteiger partial charge in [0.25, 0.3) is 0 Å². The number of hydrogen-bond donors (Lipinski definition) is 2. The molecule has 0 amide bonds. The highest BCUT2D eigenvalue weighted by molar-refractivity contribution is 5.76. The molecule has 0 spiro atoms. The van der Waals surface area contributed by atoms with E-state index in [0.29, 0.717) is 0 Å². The Hall–Kier alpha value is -1.36. The Bertz CT molecular complexity index is 387. The van der Waals surface area contributed by atoms with Crippen molar-refractivity contribution in [2.75, 3.05) is 0 Å². The Morgan fingerprint density at radius 3 is 2.67 bits per heavy atom. The van der Waals surface area contributed by atoms with Crippen molar-refractivity contribution < 1.29 is 9.90 Å². The minimum absolute atomic E-state index is 0.419. The van der Waals surface area contributed by atoms with Gasteiger partial charge in [0.15, 0.2) is 0 Å². The summed E-state index contributed by atoms with van der Waals surface area (Å²) in [4.78, 5) is 10.9. The fourth-order valence-electron chi connectivity index (χ4n) is 1.90. The van der Waals surface area contributed by atoms with Crippen LogP contribution in [0.15, 0.2) is 6.07 Å². The normalized spacial score (nSPS) is 19.9. The van der Waals surface area contributed by atoms with E-state index in [1.165, 1.54) is 0 Å². The number of nitrogens with zero attached hydrogens (tertiary/aromatic N) is 2. The number of hydrogen-bond acceptors (Lipinski definition) is 3. The molecule has 3 N–H and O–H groups in total. The van der Waals surface area contributed by atoms with Gasteiger partial charge in [0, 0.05) is 18.2 Å². The van der Waals surface area contributed by atoms with E-state index in [1.54, 1.807) is 4.68 Å². The summed E-state index contributed by atoms with van der Waals surface area (Å²) in [5, 5.41) is 13.3. The largest absolute Gasteiger partial charge is 0.480 e. The molecule has 2 rings (SSSR count). The third kappa shape index (κ3) is 1.43. The number of aliphatic carboxylic acids is 1. The summed E-state index contributed by atoms with van der Waals surface area (Å²) in [6.45, 7) is 1.94. The maximum Gasteiger partial charge on any atom is 0.321 e. The van der Waals surface area contributed by atoms with Gasteiger partial charge in [-0.2, -0.15) is 5.10 Å². The summed E-state index contributed by atoms with van der Waals surface area (Å²) in [5.41, 5.74) is 7.12. The second kappa shape index (κ2) is 3.06. The molecule has 15 heavy (non-hydrogen) atoms. The van der Waals surface area contributed by atoms with Crippen LogP contribution in [-0.4, -0.2) is 26.9 Å². The van der Waals surface area contributed by atoms with E-state index < -0.39 is 17.4 Å². The zero-order valence-corrected chi connectivity index (χ0v) is 8.90. The molecule has 0 saturated heterocycles. The van der Waals surface area contributed by atoms with Crippen molar-refractivity contribution in [2.45, 2.75) is 31.2 Å². The molecule has 1 aromatic heterocycles. The number of nitrogens with two attached hydrogens (primary N) is 1. The monoisotopic (exact) mass is 209 g/mol. The molecule has 5 nitrogen and oxygen atoms in total. The lowest BCUT2D eigenvalue weighted by atomic mass is 9.93. The molecule has 1 aliphatic carbocycles. The number of rotatable bonds is 3. The molecule has 1 unspecified atom stereocenters. The predicted octanol–water partition coefficient (Wildman–Crippen LogP) is 0.172. The molecular formula is C10H15N3O2. The molecule has 1 fully saturated rings. The molecule has 1 aliphatic rings. The molecule has 0 aromatic carbocycles. The summed E-state index contributed by atoms with van der Waals surface area (Å²) in [6, 6.07) is 1.09. The summed E-state index contributed by atoms with van der Waals surface area (Å²) in [7, 11) is 1.85. The van der Waals surface area contributed by atoms with Gasteiger partial charge >= 0.3 is 5.97 Å². The fourth-order valence-corrected chi connectivity index (χ4v) is 1.90. The molecule has 5 heteroatoms. The Morgan fingerprint density at radius 2 is 2.33 bits per heavy atom. The Balaban J connectivity index is 2.34. The van der Waals surface area contributed by atoms with E-state index in [-0.39, 0.29) is 0 Å². The number of carboxylic acids is 1. The first-order valence-corrected chi connectivity index (χ1v) is 4.97. The predicted molar refractivity (Wildman–Crippen MR) is 54.5 cm³/mol. The van der Waals surface area contributed by atoms with Gasteiger partial charge in [-0.25, -0.2) is 0 Å². The van der Waals surface area contributed by atoms with Crippen molar-refractivity contribution in [3.05, 3.63) is 17.5 Å². The van der Waals surface area contributed by atoms with Gasteiger partial charge in [-0.15, -0.1) is 0 Å². The first-order chi connectivity index (χ1) is 6.97. The van der Waals surface area contributed by atoms with Gasteiger partial charge in [-0.3, -0.25) is 9.48 Å². The van der Waals surface area contributed by atoms with Crippen LogP contribution in [-0.2, 0) is 17.3 Å². The number of aryl methyl sites for hydroxylation is 2. The van der Waals surface area contributed by atoms with Crippen molar-refractivity contribution in [3.8, 4) is 0 Å². The Labute approximate surface area is 87.9 Å². The highest BCUT2D eigenvalue weighted by atomic mass is 16.4. The second-order valence-corrected chi connectivity index (χ2v) is 4.27. The van der Waals surface area contributed by atoms with Crippen LogP contribution in [0.4, 0.5) is 0 Å². The first kappa shape index (κ1) is 10.2. The highest BCUT2D eigenvalue weighted by Gasteiger charge is 2.54. The van der Waals surface area contributed by atoms with Gasteiger partial charge in [0.2, 0.25) is 0 Å². The summed E-state index contributed by atoms with van der Waals surface area (Å²) in [5.74, 6) is -0.948. The number of carbonyl (C=O) groups is 1. The van der Waals surface area contributed by atoms with Crippen LogP contribution in [0.2, 0.25) is 0 Å². The molecule has 1 atom stereocenters. The zero-order valence-electron chi connectivity index (χ0n) is 8.90. The van der Waals surface area contributed by atoms with Gasteiger partial charge in [-0.05, 0) is 25.8 Å². The molecular weight excluding hydrogens is 194 g/mol. The van der Waals surface area contributed by atoms with Crippen molar-refractivity contribution in [2.24, 2.45) is 12.8 Å². The lowest BCUT2D eigenvalue weighted by Gasteiger charge is -2.16. The van der Waals surface area contributed by atoms with Crippen molar-refractivity contribution in [3.63, 3.8) is 0 Å². The molecule has 0 radical (unpaired) electrons. The van der Waals surface area contributed by atoms with Crippen LogP contribution < -0.4 is 5.73 Å². The third-order valence-corrected chi connectivity index (χ3v) is 3.27. The van der Waals surface area contributed by atoms with Crippen molar-refractivity contribution in [1.29, 1.82) is 0 Å². The lowest BCUT2D eigenvalue weighted by Crippen LogP contribution is -2.42. The van der Waals surface area contributed by atoms with Crippen LogP contribution >= 0.6 is 0 Å². The van der Waals surface area contributed by atoms with Crippen LogP contribution in [0.5, 0.6) is 0 Å². The van der Waals surface area contributed by atoms with Gasteiger partial charge in [0.05, 0.1) is 5.69 Å². The maximum atomic E-state index is 10.9. The van der Waals surface area contributed by atoms with Crippen LogP contribution in [0, 0.1) is 6.92 Å². The van der Waals surface area contributed by atoms with E-state index in [0.717, 1.165) is 24.2 Å². The third-order valence-electron chi connectivity index (χ3n) is 3.27. The summed E-state index contributed by atoms with van der Waals surface area (Å²) >= 11 is 0. The highest BCUT2D eigenvalue weighted by Crippen LogP contribution is 2.49. The minimum atomic E-state index is -0.948.